The third-order valence-electron chi connectivity index (χ3n) is 11.0. The van der Waals surface area contributed by atoms with Gasteiger partial charge in [-0.15, -0.1) is 11.3 Å². The number of methoxy groups -OCH3 is 2. The number of thiophene rings is 1. The summed E-state index contributed by atoms with van der Waals surface area (Å²) in [6.45, 7) is 0.479. The Hall–Kier alpha value is -8.19. The number of carbonyl (C=O) groups is 6. The summed E-state index contributed by atoms with van der Waals surface area (Å²) in [5.74, 6) is 4.99. The first-order chi connectivity index (χ1) is 35.1. The van der Waals surface area contributed by atoms with Gasteiger partial charge >= 0.3 is 12.1 Å². The van der Waals surface area contributed by atoms with Crippen molar-refractivity contribution in [3.8, 4) is 23.3 Å². The minimum atomic E-state index is -1.63. The van der Waals surface area contributed by atoms with Crippen LogP contribution >= 0.6 is 57.1 Å². The summed E-state index contributed by atoms with van der Waals surface area (Å²) in [5.41, 5.74) is -0.176. The first-order valence-corrected chi connectivity index (χ1v) is 23.7. The fraction of sp³-hybridized carbons (Fsp3) is 0.174. The molecule has 0 spiro atoms. The van der Waals surface area contributed by atoms with Crippen LogP contribution in [0.2, 0.25) is 10.3 Å². The fourth-order valence-corrected chi connectivity index (χ4v) is 9.16. The van der Waals surface area contributed by atoms with E-state index in [9.17, 15) is 33.6 Å². The van der Waals surface area contributed by atoms with E-state index in [2.05, 4.69) is 95.6 Å². The molecule has 9 heterocycles. The number of rotatable bonds is 7. The smallest absolute Gasteiger partial charge is 0.323 e. The minimum absolute atomic E-state index is 0.000647. The lowest BCUT2D eigenvalue weighted by Crippen LogP contribution is -2.54. The quantitative estimate of drug-likeness (QED) is 0.0659. The van der Waals surface area contributed by atoms with Crippen molar-refractivity contribution in [3.63, 3.8) is 0 Å². The number of hydrogen-bond acceptors (Lipinski definition) is 17. The van der Waals surface area contributed by atoms with Crippen LogP contribution in [0.25, 0.3) is 10.2 Å². The molecule has 27 heteroatoms. The predicted molar refractivity (Wildman–Crippen MR) is 269 cm³/mol. The third kappa shape index (κ3) is 11.3. The van der Waals surface area contributed by atoms with E-state index in [0.717, 1.165) is 20.1 Å². The lowest BCUT2D eigenvalue weighted by Gasteiger charge is -2.29. The first-order valence-electron chi connectivity index (χ1n) is 21.1. The maximum Gasteiger partial charge on any atom is 0.323 e. The zero-order valence-electron chi connectivity index (χ0n) is 37.8. The van der Waals surface area contributed by atoms with E-state index in [-0.39, 0.29) is 42.2 Å². The van der Waals surface area contributed by atoms with Crippen molar-refractivity contribution < 1.29 is 38.2 Å². The van der Waals surface area contributed by atoms with E-state index in [4.69, 9.17) is 32.7 Å². The molecular weight excluding hydrogens is 1120 g/mol. The summed E-state index contributed by atoms with van der Waals surface area (Å²) >= 11 is 14.9. The van der Waals surface area contributed by atoms with Crippen molar-refractivity contribution in [2.24, 2.45) is 0 Å². The van der Waals surface area contributed by atoms with Gasteiger partial charge in [0.25, 0.3) is 29.2 Å². The average molecular weight is 1160 g/mol. The fourth-order valence-electron chi connectivity index (χ4n) is 7.52. The van der Waals surface area contributed by atoms with Gasteiger partial charge in [-0.2, -0.15) is 0 Å². The molecule has 4 aliphatic heterocycles. The van der Waals surface area contributed by atoms with Gasteiger partial charge in [0.1, 0.15) is 45.6 Å². The molecule has 0 saturated carbocycles. The van der Waals surface area contributed by atoms with Crippen LogP contribution in [0, 0.1) is 15.4 Å². The zero-order chi connectivity index (χ0) is 51.9. The number of imide groups is 2. The Balaban J connectivity index is 0.000000152. The molecule has 7 aromatic rings. The molecule has 2 saturated heterocycles. The molecule has 4 aliphatic rings. The van der Waals surface area contributed by atoms with Crippen molar-refractivity contribution in [2.75, 3.05) is 27.3 Å². The summed E-state index contributed by atoms with van der Waals surface area (Å²) in [4.78, 5) is 119. The Morgan fingerprint density at radius 2 is 1.32 bits per heavy atom. The Bertz CT molecular complexity index is 3400. The molecule has 5 aromatic heterocycles. The molecule has 2 aromatic carbocycles. The van der Waals surface area contributed by atoms with Crippen LogP contribution in [0.4, 0.5) is 9.59 Å². The SMILES string of the molecule is COc1ccc2c(c1)C(=O)N(C[C@@]1(C#Cc3cncnc3Cl)NC(=O)NC1=O)C2.COc1ccc2c(c1)C(=O)N(C[C@@]1(c3cc4cncnc4s3)NC(=O)NC1=O)C2.Clc1ncncc1I.O=c1ccnc[nH]1. The number of hydrogen-bond donors (Lipinski definition) is 5. The Morgan fingerprint density at radius 3 is 1.82 bits per heavy atom. The molecule has 0 unspecified atom stereocenters. The average Bonchev–Trinajstić information content (AvgIpc) is 4.18. The molecule has 8 amide bonds. The molecule has 11 rings (SSSR count). The van der Waals surface area contributed by atoms with Gasteiger partial charge in [0.15, 0.2) is 5.54 Å². The molecule has 370 valence electrons. The van der Waals surface area contributed by atoms with Gasteiger partial charge in [0.05, 0.1) is 42.8 Å². The molecule has 0 aliphatic carbocycles. The van der Waals surface area contributed by atoms with Crippen LogP contribution in [-0.4, -0.2) is 118 Å². The summed E-state index contributed by atoms with van der Waals surface area (Å²) < 4.78 is 11.3. The van der Waals surface area contributed by atoms with Crippen LogP contribution in [-0.2, 0) is 28.2 Å². The van der Waals surface area contributed by atoms with Gasteiger partial charge in [0.2, 0.25) is 5.54 Å². The highest BCUT2D eigenvalue weighted by Gasteiger charge is 2.52. The number of H-pyrrole nitrogens is 1. The van der Waals surface area contributed by atoms with Crippen LogP contribution in [0.1, 0.15) is 42.3 Å². The largest absolute Gasteiger partial charge is 0.497 e. The zero-order valence-corrected chi connectivity index (χ0v) is 42.3. The molecule has 2 atom stereocenters. The number of fused-ring (bicyclic) bond motifs is 3. The standard InChI is InChI=1S/C19H14ClN5O4.C19H15N5O4S.C4H2ClIN2.C4H4N2O/c1-29-13-3-2-12-8-25(16(26)14(12)6-13)9-19(17(27)23-18(28)24-19)5-4-11-7-21-10-22-15(11)20;1-28-12-3-2-10-7-24(16(25)13(10)5-12)8-19(17(26)22-18(27)23-19)14-4-11-6-20-9-21-15(11)29-14;5-4-3(6)1-7-2-8-4;7-4-1-2-5-3-6-4/h2-3,6-7,10H,8-9H2,1H3,(H2,23,24,27,28);2-6,9H,7-8H2,1H3,(H2,22,23,26,27);1-2H;1-3H,(H,5,6,7)/t2*19-;;/m10../s1. The maximum absolute atomic E-state index is 13.0. The molecule has 0 radical (unpaired) electrons. The lowest BCUT2D eigenvalue weighted by molar-refractivity contribution is -0.125. The normalized spacial score (nSPS) is 18.0. The lowest BCUT2D eigenvalue weighted by atomic mass is 9.96. The van der Waals surface area contributed by atoms with E-state index in [1.165, 1.54) is 74.2 Å². The minimum Gasteiger partial charge on any atom is -0.497 e. The highest BCUT2D eigenvalue weighted by atomic mass is 127. The van der Waals surface area contributed by atoms with Crippen LogP contribution < -0.4 is 36.3 Å². The van der Waals surface area contributed by atoms with Crippen LogP contribution in [0.5, 0.6) is 11.5 Å². The molecule has 0 bridgehead atoms. The summed E-state index contributed by atoms with van der Waals surface area (Å²) in [5, 5.41) is 11.1. The van der Waals surface area contributed by atoms with Gasteiger partial charge in [-0.05, 0) is 64.0 Å². The van der Waals surface area contributed by atoms with Crippen molar-refractivity contribution in [1.82, 2.24) is 70.9 Å². The first kappa shape index (κ1) is 51.2. The van der Waals surface area contributed by atoms with Gasteiger partial charge in [0, 0.05) is 65.3 Å². The number of halogens is 3. The number of amides is 8. The number of ether oxygens (including phenoxy) is 2. The van der Waals surface area contributed by atoms with Crippen molar-refractivity contribution in [2.45, 2.75) is 24.2 Å². The number of nitrogens with one attached hydrogen (secondary N) is 5. The molecule has 5 N–H and O–H groups in total. The van der Waals surface area contributed by atoms with E-state index < -0.39 is 35.0 Å². The van der Waals surface area contributed by atoms with E-state index in [0.29, 0.717) is 49.6 Å². The summed E-state index contributed by atoms with van der Waals surface area (Å²) in [7, 11) is 3.05. The van der Waals surface area contributed by atoms with Crippen molar-refractivity contribution >= 4 is 103 Å². The Kier molecular flexibility index (Phi) is 15.5. The molecule has 2 fully saturated rings. The van der Waals surface area contributed by atoms with Gasteiger partial charge in [-0.3, -0.25) is 34.6 Å². The predicted octanol–water partition coefficient (Wildman–Crippen LogP) is 3.62. The number of benzene rings is 2. The highest BCUT2D eigenvalue weighted by molar-refractivity contribution is 14.1. The Morgan fingerprint density at radius 1 is 0.712 bits per heavy atom. The number of carbonyl (C=O) groups excluding carboxylic acids is 6. The summed E-state index contributed by atoms with van der Waals surface area (Å²) in [6.07, 6.45) is 11.6. The second-order valence-corrected chi connectivity index (χ2v) is 18.5. The maximum atomic E-state index is 13.0. The topological polar surface area (TPSA) is 299 Å². The monoisotopic (exact) mass is 1160 g/mol. The van der Waals surface area contributed by atoms with Crippen molar-refractivity contribution in [1.29, 1.82) is 0 Å². The highest BCUT2D eigenvalue weighted by Crippen LogP contribution is 2.37. The number of nitrogens with zero attached hydrogens (tertiary/aromatic N) is 9. The third-order valence-corrected chi connectivity index (χ3v) is 14.0. The molecule has 73 heavy (non-hydrogen) atoms. The second-order valence-electron chi connectivity index (χ2n) is 15.6. The summed E-state index contributed by atoms with van der Waals surface area (Å²) in [6, 6.07) is 12.4. The van der Waals surface area contributed by atoms with E-state index in [1.54, 1.807) is 53.7 Å². The molecular formula is C46H35Cl2IN14O9S. The van der Waals surface area contributed by atoms with Crippen molar-refractivity contribution in [3.05, 3.63) is 156 Å². The van der Waals surface area contributed by atoms with Gasteiger partial charge in [-0.1, -0.05) is 47.2 Å². The second kappa shape index (κ2) is 22.1. The van der Waals surface area contributed by atoms with E-state index in [1.807, 2.05) is 6.07 Å². The van der Waals surface area contributed by atoms with Crippen LogP contribution in [0.15, 0.2) is 103 Å². The number of aromatic nitrogens is 8. The number of urea groups is 2. The van der Waals surface area contributed by atoms with E-state index >= 15 is 0 Å². The number of aromatic amines is 1. The van der Waals surface area contributed by atoms with Crippen LogP contribution in [0.3, 0.4) is 0 Å². The molecule has 23 nitrogen and oxygen atoms in total. The Labute approximate surface area is 440 Å². The van der Waals surface area contributed by atoms with Gasteiger partial charge < -0.3 is 34.9 Å². The van der Waals surface area contributed by atoms with Gasteiger partial charge in [-0.25, -0.2) is 44.5 Å².